The smallest absolute Gasteiger partial charge is 0.357 e. The molecule has 2 heterocycles. The molecule has 0 aromatic carbocycles. The molecule has 0 saturated heterocycles. The SMILES string of the molecule is O=C(O)c1nc(-c2ccco2)[nH]c1Cl. The number of carboxylic acid groups (broad SMARTS) is 1. The zero-order valence-electron chi connectivity index (χ0n) is 6.82. The van der Waals surface area contributed by atoms with Gasteiger partial charge in [0.1, 0.15) is 5.15 Å². The van der Waals surface area contributed by atoms with Gasteiger partial charge in [-0.15, -0.1) is 0 Å². The Bertz CT molecular complexity index is 461. The molecule has 2 aromatic heterocycles. The van der Waals surface area contributed by atoms with Crippen LogP contribution in [0.1, 0.15) is 10.5 Å². The molecule has 0 aliphatic heterocycles. The summed E-state index contributed by atoms with van der Waals surface area (Å²) in [4.78, 5) is 17.0. The number of carboxylic acids is 1. The predicted molar refractivity (Wildman–Crippen MR) is 48.3 cm³/mol. The highest BCUT2D eigenvalue weighted by molar-refractivity contribution is 6.32. The van der Waals surface area contributed by atoms with E-state index in [9.17, 15) is 4.79 Å². The maximum absolute atomic E-state index is 10.6. The zero-order valence-corrected chi connectivity index (χ0v) is 7.58. The van der Waals surface area contributed by atoms with Crippen LogP contribution in [0.5, 0.6) is 0 Å². The number of rotatable bonds is 2. The molecule has 2 rings (SSSR count). The lowest BCUT2D eigenvalue weighted by Crippen LogP contribution is -1.96. The molecule has 0 bridgehead atoms. The number of hydrogen-bond donors (Lipinski definition) is 2. The van der Waals surface area contributed by atoms with Crippen LogP contribution in [0.2, 0.25) is 5.15 Å². The maximum atomic E-state index is 10.6. The standard InChI is InChI=1S/C8H5ClN2O3/c9-6-5(8(12)13)10-7(11-6)4-2-1-3-14-4/h1-3H,(H,10,11)(H,12,13). The van der Waals surface area contributed by atoms with Crippen molar-refractivity contribution in [1.82, 2.24) is 9.97 Å². The first-order valence-electron chi connectivity index (χ1n) is 3.71. The minimum Gasteiger partial charge on any atom is -0.476 e. The number of nitrogens with zero attached hydrogens (tertiary/aromatic N) is 1. The van der Waals surface area contributed by atoms with Gasteiger partial charge in [0.15, 0.2) is 17.3 Å². The van der Waals surface area contributed by atoms with E-state index in [1.165, 1.54) is 6.26 Å². The average molecular weight is 213 g/mol. The normalized spacial score (nSPS) is 10.4. The number of aromatic nitrogens is 2. The second-order valence-electron chi connectivity index (χ2n) is 2.53. The van der Waals surface area contributed by atoms with Gasteiger partial charge in [0.2, 0.25) is 0 Å². The van der Waals surface area contributed by atoms with Gasteiger partial charge in [-0.3, -0.25) is 0 Å². The summed E-state index contributed by atoms with van der Waals surface area (Å²) in [7, 11) is 0. The number of H-pyrrole nitrogens is 1. The summed E-state index contributed by atoms with van der Waals surface area (Å²) in [6.45, 7) is 0. The number of aromatic amines is 1. The molecule has 2 N–H and O–H groups in total. The first-order chi connectivity index (χ1) is 6.68. The van der Waals surface area contributed by atoms with Gasteiger partial charge in [0.05, 0.1) is 6.26 Å². The monoisotopic (exact) mass is 212 g/mol. The Hall–Kier alpha value is -1.75. The second kappa shape index (κ2) is 3.19. The lowest BCUT2D eigenvalue weighted by molar-refractivity contribution is 0.0691. The van der Waals surface area contributed by atoms with E-state index in [0.717, 1.165) is 0 Å². The number of aromatic carboxylic acids is 1. The van der Waals surface area contributed by atoms with E-state index < -0.39 is 5.97 Å². The van der Waals surface area contributed by atoms with Gasteiger partial charge in [-0.1, -0.05) is 11.6 Å². The quantitative estimate of drug-likeness (QED) is 0.798. The summed E-state index contributed by atoms with van der Waals surface area (Å²) in [5.41, 5.74) is -0.210. The van der Waals surface area contributed by atoms with Crippen molar-refractivity contribution in [3.05, 3.63) is 29.2 Å². The summed E-state index contributed by atoms with van der Waals surface area (Å²) in [5, 5.41) is 8.67. The van der Waals surface area contributed by atoms with Crippen LogP contribution in [-0.2, 0) is 0 Å². The molecule has 0 atom stereocenters. The summed E-state index contributed by atoms with van der Waals surface area (Å²) in [6, 6.07) is 3.33. The molecule has 0 amide bonds. The van der Waals surface area contributed by atoms with Gasteiger partial charge >= 0.3 is 5.97 Å². The van der Waals surface area contributed by atoms with Crippen molar-refractivity contribution in [2.45, 2.75) is 0 Å². The van der Waals surface area contributed by atoms with E-state index in [1.807, 2.05) is 0 Å². The van der Waals surface area contributed by atoms with Crippen molar-refractivity contribution < 1.29 is 14.3 Å². The first kappa shape index (κ1) is 8.83. The van der Waals surface area contributed by atoms with Crippen molar-refractivity contribution >= 4 is 17.6 Å². The van der Waals surface area contributed by atoms with Crippen LogP contribution < -0.4 is 0 Å². The van der Waals surface area contributed by atoms with E-state index in [2.05, 4.69) is 9.97 Å². The van der Waals surface area contributed by atoms with Crippen molar-refractivity contribution in [2.24, 2.45) is 0 Å². The van der Waals surface area contributed by atoms with E-state index in [0.29, 0.717) is 11.6 Å². The van der Waals surface area contributed by atoms with Gasteiger partial charge < -0.3 is 14.5 Å². The molecule has 0 unspecified atom stereocenters. The molecule has 2 aromatic rings. The molecule has 6 heteroatoms. The fourth-order valence-electron chi connectivity index (χ4n) is 1.02. The van der Waals surface area contributed by atoms with Crippen molar-refractivity contribution in [3.8, 4) is 11.6 Å². The Kier molecular flexibility index (Phi) is 2.01. The molecule has 0 fully saturated rings. The van der Waals surface area contributed by atoms with E-state index >= 15 is 0 Å². The Morgan fingerprint density at radius 2 is 2.43 bits per heavy atom. The van der Waals surface area contributed by atoms with Crippen molar-refractivity contribution in [1.29, 1.82) is 0 Å². The highest BCUT2D eigenvalue weighted by Crippen LogP contribution is 2.21. The lowest BCUT2D eigenvalue weighted by atomic mass is 10.4. The van der Waals surface area contributed by atoms with Crippen LogP contribution in [0.3, 0.4) is 0 Å². The second-order valence-corrected chi connectivity index (χ2v) is 2.91. The van der Waals surface area contributed by atoms with Gasteiger partial charge in [-0.2, -0.15) is 0 Å². The number of nitrogens with one attached hydrogen (secondary N) is 1. The molecule has 0 aliphatic rings. The Balaban J connectivity index is 2.48. The maximum Gasteiger partial charge on any atom is 0.357 e. The molecule has 0 aliphatic carbocycles. The molecule has 0 radical (unpaired) electrons. The van der Waals surface area contributed by atoms with Crippen LogP contribution in [-0.4, -0.2) is 21.0 Å². The summed E-state index contributed by atoms with van der Waals surface area (Å²) >= 11 is 5.62. The van der Waals surface area contributed by atoms with Crippen LogP contribution in [0.4, 0.5) is 0 Å². The molecule has 0 saturated carbocycles. The Morgan fingerprint density at radius 3 is 2.93 bits per heavy atom. The molecular weight excluding hydrogens is 208 g/mol. The summed E-state index contributed by atoms with van der Waals surface area (Å²) in [5.74, 6) is -0.430. The average Bonchev–Trinajstić information content (AvgIpc) is 2.70. The molecular formula is C8H5ClN2O3. The molecule has 0 spiro atoms. The Morgan fingerprint density at radius 1 is 1.64 bits per heavy atom. The number of carbonyl (C=O) groups is 1. The number of furan rings is 1. The number of hydrogen-bond acceptors (Lipinski definition) is 3. The largest absolute Gasteiger partial charge is 0.476 e. The number of halogens is 1. The third kappa shape index (κ3) is 1.38. The first-order valence-corrected chi connectivity index (χ1v) is 4.09. The minimum atomic E-state index is -1.18. The molecule has 14 heavy (non-hydrogen) atoms. The Labute approximate surface area is 83.3 Å². The fourth-order valence-corrected chi connectivity index (χ4v) is 1.24. The van der Waals surface area contributed by atoms with Gasteiger partial charge in [0, 0.05) is 0 Å². The topological polar surface area (TPSA) is 79.1 Å². The van der Waals surface area contributed by atoms with Gasteiger partial charge in [-0.05, 0) is 12.1 Å². The third-order valence-electron chi connectivity index (χ3n) is 1.62. The van der Waals surface area contributed by atoms with Crippen molar-refractivity contribution in [3.63, 3.8) is 0 Å². The summed E-state index contributed by atoms with van der Waals surface area (Å²) in [6.07, 6.45) is 1.46. The fraction of sp³-hybridized carbons (Fsp3) is 0. The minimum absolute atomic E-state index is 0.0103. The molecule has 72 valence electrons. The van der Waals surface area contributed by atoms with Gasteiger partial charge in [-0.25, -0.2) is 9.78 Å². The van der Waals surface area contributed by atoms with Crippen molar-refractivity contribution in [2.75, 3.05) is 0 Å². The lowest BCUT2D eigenvalue weighted by Gasteiger charge is -1.86. The third-order valence-corrected chi connectivity index (χ3v) is 1.89. The highest BCUT2D eigenvalue weighted by Gasteiger charge is 2.16. The van der Waals surface area contributed by atoms with Crippen LogP contribution in [0.25, 0.3) is 11.6 Å². The van der Waals surface area contributed by atoms with Crippen LogP contribution in [0, 0.1) is 0 Å². The van der Waals surface area contributed by atoms with Crippen LogP contribution in [0.15, 0.2) is 22.8 Å². The highest BCUT2D eigenvalue weighted by atomic mass is 35.5. The van der Waals surface area contributed by atoms with E-state index in [1.54, 1.807) is 12.1 Å². The molecule has 5 nitrogen and oxygen atoms in total. The number of imidazole rings is 1. The van der Waals surface area contributed by atoms with Gasteiger partial charge in [0.25, 0.3) is 0 Å². The summed E-state index contributed by atoms with van der Waals surface area (Å²) < 4.78 is 5.02. The van der Waals surface area contributed by atoms with E-state index in [4.69, 9.17) is 21.1 Å². The zero-order chi connectivity index (χ0) is 10.1. The van der Waals surface area contributed by atoms with E-state index in [-0.39, 0.29) is 10.8 Å². The predicted octanol–water partition coefficient (Wildman–Crippen LogP) is 2.02. The van der Waals surface area contributed by atoms with Crippen LogP contribution >= 0.6 is 11.6 Å².